The first-order valence-corrected chi connectivity index (χ1v) is 2.75. The molecule has 9 nitrogen and oxygen atoms in total. The molecule has 1 unspecified atom stereocenters. The molecule has 0 aromatic rings. The third-order valence-electron chi connectivity index (χ3n) is 1.14. The number of aliphatic hydroxyl groups is 2. The van der Waals surface area contributed by atoms with Gasteiger partial charge in [-0.3, -0.25) is 10.1 Å². The lowest BCUT2D eigenvalue weighted by molar-refractivity contribution is -0.543. The van der Waals surface area contributed by atoms with Crippen LogP contribution < -0.4 is 0 Å². The molecule has 1 atom stereocenters. The van der Waals surface area contributed by atoms with Gasteiger partial charge < -0.3 is 20.4 Å². The van der Waals surface area contributed by atoms with Gasteiger partial charge in [0, 0.05) is 4.92 Å². The van der Waals surface area contributed by atoms with E-state index in [1.807, 2.05) is 0 Å². The molecule has 0 fully saturated rings. The van der Waals surface area contributed by atoms with Gasteiger partial charge in [-0.2, -0.15) is 0 Å². The van der Waals surface area contributed by atoms with Crippen LogP contribution in [0.4, 0.5) is 0 Å². The predicted octanol–water partition coefficient (Wildman–Crippen LogP) is -2.52. The summed E-state index contributed by atoms with van der Waals surface area (Å²) in [5.74, 6) is -8.58. The van der Waals surface area contributed by atoms with Crippen LogP contribution in [-0.2, 0) is 9.59 Å². The van der Waals surface area contributed by atoms with Crippen molar-refractivity contribution in [3.8, 4) is 0 Å². The Labute approximate surface area is 70.0 Å². The van der Waals surface area contributed by atoms with Crippen molar-refractivity contribution in [3.63, 3.8) is 0 Å². The molecule has 0 aromatic heterocycles. The normalized spacial score (nSPS) is 13.4. The number of carboxylic acids is 2. The highest BCUT2D eigenvalue weighted by Crippen LogP contribution is 2.10. The second-order valence-corrected chi connectivity index (χ2v) is 2.06. The molecule has 0 aliphatic rings. The summed E-state index contributed by atoms with van der Waals surface area (Å²) in [6.45, 7) is 0. The second kappa shape index (κ2) is 3.33. The van der Waals surface area contributed by atoms with E-state index in [0.29, 0.717) is 0 Å². The van der Waals surface area contributed by atoms with Crippen molar-refractivity contribution in [2.24, 2.45) is 0 Å². The molecule has 0 amide bonds. The van der Waals surface area contributed by atoms with Crippen LogP contribution in [0.25, 0.3) is 0 Å². The smallest absolute Gasteiger partial charge is 0.385 e. The zero-order chi connectivity index (χ0) is 10.8. The summed E-state index contributed by atoms with van der Waals surface area (Å²) in [5, 5.41) is 43.1. The fourth-order valence-electron chi connectivity index (χ4n) is 0.526. The minimum atomic E-state index is -3.92. The molecular weight excluding hydrogens is 190 g/mol. The van der Waals surface area contributed by atoms with E-state index >= 15 is 0 Å². The topological polar surface area (TPSA) is 158 Å². The van der Waals surface area contributed by atoms with Gasteiger partial charge in [-0.25, -0.2) is 9.59 Å². The molecule has 0 rings (SSSR count). The highest BCUT2D eigenvalue weighted by atomic mass is 16.6. The van der Waals surface area contributed by atoms with Crippen LogP contribution in [0, 0.1) is 10.1 Å². The van der Waals surface area contributed by atoms with Gasteiger partial charge in [0.25, 0.3) is 0 Å². The van der Waals surface area contributed by atoms with Crippen molar-refractivity contribution in [2.75, 3.05) is 0 Å². The van der Waals surface area contributed by atoms with E-state index < -0.39 is 28.7 Å². The molecule has 0 bridgehead atoms. The lowest BCUT2D eigenvalue weighted by Crippen LogP contribution is -2.56. The van der Waals surface area contributed by atoms with Gasteiger partial charge in [0.1, 0.15) is 0 Å². The van der Waals surface area contributed by atoms with E-state index in [9.17, 15) is 19.7 Å². The van der Waals surface area contributed by atoms with Crippen LogP contribution in [-0.4, -0.2) is 49.1 Å². The van der Waals surface area contributed by atoms with Crippen LogP contribution in [0.3, 0.4) is 0 Å². The van der Waals surface area contributed by atoms with Gasteiger partial charge in [0.05, 0.1) is 0 Å². The number of rotatable bonds is 4. The third-order valence-corrected chi connectivity index (χ3v) is 1.14. The van der Waals surface area contributed by atoms with Crippen LogP contribution >= 0.6 is 0 Å². The molecule has 74 valence electrons. The molecule has 0 radical (unpaired) electrons. The molecule has 0 aromatic carbocycles. The minimum absolute atomic E-state index is 1.61. The third kappa shape index (κ3) is 2.10. The Kier molecular flexibility index (Phi) is 2.88. The van der Waals surface area contributed by atoms with Crippen molar-refractivity contribution < 1.29 is 34.9 Å². The van der Waals surface area contributed by atoms with Crippen molar-refractivity contribution in [3.05, 3.63) is 10.1 Å². The van der Waals surface area contributed by atoms with E-state index in [4.69, 9.17) is 20.4 Å². The van der Waals surface area contributed by atoms with Gasteiger partial charge in [-0.05, 0) is 0 Å². The van der Waals surface area contributed by atoms with Gasteiger partial charge in [0.15, 0.2) is 0 Å². The molecule has 0 spiro atoms. The SMILES string of the molecule is O=C(O)C([N+](=O)[O-])C(O)(O)C(=O)O. The van der Waals surface area contributed by atoms with Crippen LogP contribution in [0.2, 0.25) is 0 Å². The summed E-state index contributed by atoms with van der Waals surface area (Å²) in [5.41, 5.74) is 0. The number of carbonyl (C=O) groups is 2. The lowest BCUT2D eigenvalue weighted by atomic mass is 10.1. The van der Waals surface area contributed by atoms with Gasteiger partial charge >= 0.3 is 23.8 Å². The first-order chi connectivity index (χ1) is 5.71. The van der Waals surface area contributed by atoms with E-state index in [2.05, 4.69) is 0 Å². The van der Waals surface area contributed by atoms with E-state index in [1.165, 1.54) is 0 Å². The zero-order valence-corrected chi connectivity index (χ0v) is 5.95. The highest BCUT2D eigenvalue weighted by molar-refractivity contribution is 5.85. The first kappa shape index (κ1) is 11.3. The molecule has 0 saturated heterocycles. The number of aliphatic carboxylic acids is 2. The Bertz CT molecular complexity index is 243. The maximum Gasteiger partial charge on any atom is 0.385 e. The van der Waals surface area contributed by atoms with E-state index in [-0.39, 0.29) is 0 Å². The van der Waals surface area contributed by atoms with Crippen molar-refractivity contribution in [1.29, 1.82) is 0 Å². The summed E-state index contributed by atoms with van der Waals surface area (Å²) in [4.78, 5) is 28.4. The van der Waals surface area contributed by atoms with Gasteiger partial charge in [-0.1, -0.05) is 0 Å². The fraction of sp³-hybridized carbons (Fsp3) is 0.500. The number of hydrogen-bond acceptors (Lipinski definition) is 6. The number of nitrogens with zero attached hydrogens (tertiary/aromatic N) is 1. The van der Waals surface area contributed by atoms with Crippen molar-refractivity contribution in [2.45, 2.75) is 11.8 Å². The van der Waals surface area contributed by atoms with Crippen LogP contribution in [0.1, 0.15) is 0 Å². The van der Waals surface area contributed by atoms with E-state index in [1.54, 1.807) is 0 Å². The first-order valence-electron chi connectivity index (χ1n) is 2.75. The van der Waals surface area contributed by atoms with Crippen molar-refractivity contribution in [1.82, 2.24) is 0 Å². The maximum atomic E-state index is 10.1. The Hall–Kier alpha value is -1.74. The Balaban J connectivity index is 5.06. The fourth-order valence-corrected chi connectivity index (χ4v) is 0.526. The molecule has 9 heteroatoms. The lowest BCUT2D eigenvalue weighted by Gasteiger charge is -2.16. The minimum Gasteiger partial charge on any atom is -0.477 e. The summed E-state index contributed by atoms with van der Waals surface area (Å²) in [6.07, 6.45) is 0. The molecule has 0 aliphatic heterocycles. The highest BCUT2D eigenvalue weighted by Gasteiger charge is 2.56. The van der Waals surface area contributed by atoms with Gasteiger partial charge in [0.2, 0.25) is 0 Å². The monoisotopic (exact) mass is 195 g/mol. The maximum absolute atomic E-state index is 10.1. The zero-order valence-electron chi connectivity index (χ0n) is 5.95. The average Bonchev–Trinajstić information content (AvgIpc) is 1.82. The van der Waals surface area contributed by atoms with Crippen molar-refractivity contribution >= 4 is 11.9 Å². The standard InChI is InChI=1S/C4H5NO8/c6-2(7)1(5(12)13)4(10,11)3(8)9/h1,10-11H,(H,6,7)(H,8,9). The molecule has 0 aliphatic carbocycles. The number of hydrogen-bond donors (Lipinski definition) is 4. The van der Waals surface area contributed by atoms with E-state index in [0.717, 1.165) is 0 Å². The molecular formula is C4H5NO8. The molecule has 0 heterocycles. The molecule has 4 N–H and O–H groups in total. The van der Waals surface area contributed by atoms with Crippen LogP contribution in [0.15, 0.2) is 0 Å². The summed E-state index contributed by atoms with van der Waals surface area (Å²) >= 11 is 0. The summed E-state index contributed by atoms with van der Waals surface area (Å²) < 4.78 is 0. The Morgan fingerprint density at radius 2 is 1.69 bits per heavy atom. The molecule has 13 heavy (non-hydrogen) atoms. The number of nitro groups is 1. The quantitative estimate of drug-likeness (QED) is 0.217. The largest absolute Gasteiger partial charge is 0.477 e. The van der Waals surface area contributed by atoms with Gasteiger partial charge in [-0.15, -0.1) is 0 Å². The van der Waals surface area contributed by atoms with Crippen LogP contribution in [0.5, 0.6) is 0 Å². The Morgan fingerprint density at radius 3 is 1.77 bits per heavy atom. The second-order valence-electron chi connectivity index (χ2n) is 2.06. The molecule has 0 saturated carbocycles. The summed E-state index contributed by atoms with van der Waals surface area (Å²) in [6, 6.07) is -3.02. The average molecular weight is 195 g/mol. The number of carboxylic acid groups (broad SMARTS) is 2. The Morgan fingerprint density at radius 1 is 1.31 bits per heavy atom. The summed E-state index contributed by atoms with van der Waals surface area (Å²) in [7, 11) is 0. The predicted molar refractivity (Wildman–Crippen MR) is 33.2 cm³/mol.